The number of hydrogen-bond acceptors (Lipinski definition) is 7. The van der Waals surface area contributed by atoms with Gasteiger partial charge in [0.05, 0.1) is 13.2 Å². The van der Waals surface area contributed by atoms with Crippen LogP contribution in [0.4, 0.5) is 0 Å². The Labute approximate surface area is 134 Å². The Morgan fingerprint density at radius 2 is 1.96 bits per heavy atom. The molecule has 9 heteroatoms. The number of fused-ring (bicyclic) bond motifs is 2. The van der Waals surface area contributed by atoms with Crippen LogP contribution < -0.4 is 0 Å². The standard InChI is InChI=1S/C14H18O8S/c1-18-12-11(19-7-9-5-3-2-4-6-9)10-8-20-14(21-10)13(12)22-23(15,16)17/h2-6,10-14H,7-8H2,1H3,(H,15,16,17). The van der Waals surface area contributed by atoms with Crippen LogP contribution in [0.5, 0.6) is 0 Å². The minimum atomic E-state index is -4.68. The predicted molar refractivity (Wildman–Crippen MR) is 76.9 cm³/mol. The van der Waals surface area contributed by atoms with Gasteiger partial charge in [-0.25, -0.2) is 4.18 Å². The number of ether oxygens (including phenoxy) is 4. The molecule has 0 saturated carbocycles. The number of rotatable bonds is 6. The van der Waals surface area contributed by atoms with Crippen molar-refractivity contribution in [2.75, 3.05) is 13.7 Å². The molecule has 128 valence electrons. The largest absolute Gasteiger partial charge is 0.397 e. The van der Waals surface area contributed by atoms with Crippen molar-refractivity contribution in [2.24, 2.45) is 0 Å². The van der Waals surface area contributed by atoms with Crippen molar-refractivity contribution in [3.63, 3.8) is 0 Å². The molecular formula is C14H18O8S. The second-order valence-electron chi connectivity index (χ2n) is 5.33. The van der Waals surface area contributed by atoms with Gasteiger partial charge in [-0.05, 0) is 5.56 Å². The molecule has 2 aliphatic rings. The average molecular weight is 346 g/mol. The van der Waals surface area contributed by atoms with Gasteiger partial charge in [-0.3, -0.25) is 4.55 Å². The normalized spacial score (nSPS) is 33.7. The van der Waals surface area contributed by atoms with Gasteiger partial charge in [0, 0.05) is 7.11 Å². The van der Waals surface area contributed by atoms with Crippen LogP contribution in [0, 0.1) is 0 Å². The summed E-state index contributed by atoms with van der Waals surface area (Å²) in [7, 11) is -3.27. The van der Waals surface area contributed by atoms with Crippen LogP contribution in [-0.4, -0.2) is 57.4 Å². The molecule has 0 aromatic heterocycles. The maximum Gasteiger partial charge on any atom is 0.397 e. The van der Waals surface area contributed by atoms with Crippen molar-refractivity contribution in [3.05, 3.63) is 35.9 Å². The van der Waals surface area contributed by atoms with Crippen molar-refractivity contribution in [2.45, 2.75) is 37.3 Å². The van der Waals surface area contributed by atoms with Gasteiger partial charge in [0.15, 0.2) is 12.4 Å². The van der Waals surface area contributed by atoms with E-state index >= 15 is 0 Å². The Morgan fingerprint density at radius 3 is 2.61 bits per heavy atom. The summed E-state index contributed by atoms with van der Waals surface area (Å²) in [4.78, 5) is 0. The smallest absolute Gasteiger partial charge is 0.376 e. The van der Waals surface area contributed by atoms with E-state index in [9.17, 15) is 8.42 Å². The van der Waals surface area contributed by atoms with Gasteiger partial charge in [0.25, 0.3) is 0 Å². The SMILES string of the molecule is COC1C(OCc2ccccc2)C2COC(O2)C1OS(=O)(=O)O. The third-order valence-corrected chi connectivity index (χ3v) is 4.27. The lowest BCUT2D eigenvalue weighted by atomic mass is 10.0. The van der Waals surface area contributed by atoms with Crippen LogP contribution in [-0.2, 0) is 40.1 Å². The zero-order valence-electron chi connectivity index (χ0n) is 12.4. The van der Waals surface area contributed by atoms with Crippen molar-refractivity contribution in [1.82, 2.24) is 0 Å². The van der Waals surface area contributed by atoms with Crippen LogP contribution in [0.25, 0.3) is 0 Å². The maximum absolute atomic E-state index is 11.0. The highest BCUT2D eigenvalue weighted by Gasteiger charge is 2.53. The first kappa shape index (κ1) is 16.8. The highest BCUT2D eigenvalue weighted by atomic mass is 32.3. The quantitative estimate of drug-likeness (QED) is 0.745. The van der Waals surface area contributed by atoms with Crippen molar-refractivity contribution >= 4 is 10.4 Å². The molecule has 0 radical (unpaired) electrons. The summed E-state index contributed by atoms with van der Waals surface area (Å²) < 4.78 is 57.8. The maximum atomic E-state index is 11.0. The van der Waals surface area contributed by atoms with Crippen LogP contribution >= 0.6 is 0 Å². The molecule has 23 heavy (non-hydrogen) atoms. The molecule has 1 N–H and O–H groups in total. The van der Waals surface area contributed by atoms with Gasteiger partial charge in [0.2, 0.25) is 0 Å². The Balaban J connectivity index is 1.75. The van der Waals surface area contributed by atoms with Crippen LogP contribution in [0.1, 0.15) is 5.56 Å². The first-order valence-electron chi connectivity index (χ1n) is 7.09. The Kier molecular flexibility index (Phi) is 4.97. The minimum Gasteiger partial charge on any atom is -0.376 e. The first-order chi connectivity index (χ1) is 11.0. The monoisotopic (exact) mass is 346 g/mol. The molecule has 5 unspecified atom stereocenters. The molecule has 2 saturated heterocycles. The molecule has 2 aliphatic heterocycles. The molecule has 1 aromatic rings. The lowest BCUT2D eigenvalue weighted by molar-refractivity contribution is -0.239. The third kappa shape index (κ3) is 3.89. The molecule has 3 rings (SSSR count). The molecule has 0 amide bonds. The van der Waals surface area contributed by atoms with E-state index in [0.29, 0.717) is 6.61 Å². The topological polar surface area (TPSA) is 101 Å². The second-order valence-corrected chi connectivity index (χ2v) is 6.37. The highest BCUT2D eigenvalue weighted by Crippen LogP contribution is 2.34. The molecule has 2 fully saturated rings. The van der Waals surface area contributed by atoms with E-state index in [1.807, 2.05) is 30.3 Å². The number of methoxy groups -OCH3 is 1. The van der Waals surface area contributed by atoms with Crippen molar-refractivity contribution in [1.29, 1.82) is 0 Å². The minimum absolute atomic E-state index is 0.231. The van der Waals surface area contributed by atoms with Gasteiger partial charge in [0.1, 0.15) is 18.3 Å². The van der Waals surface area contributed by atoms with Crippen LogP contribution in [0.2, 0.25) is 0 Å². The van der Waals surface area contributed by atoms with Gasteiger partial charge >= 0.3 is 10.4 Å². The Bertz CT molecular complexity index is 619. The van der Waals surface area contributed by atoms with Crippen LogP contribution in [0.3, 0.4) is 0 Å². The van der Waals surface area contributed by atoms with E-state index in [1.165, 1.54) is 7.11 Å². The summed E-state index contributed by atoms with van der Waals surface area (Å²) in [6.45, 7) is 0.532. The molecule has 1 aromatic carbocycles. The van der Waals surface area contributed by atoms with Gasteiger partial charge < -0.3 is 18.9 Å². The molecule has 2 bridgehead atoms. The van der Waals surface area contributed by atoms with Crippen molar-refractivity contribution < 1.29 is 36.1 Å². The predicted octanol–water partition coefficient (Wildman–Crippen LogP) is 0.530. The number of benzene rings is 1. The summed E-state index contributed by atoms with van der Waals surface area (Å²) in [6.07, 6.45) is -3.81. The van der Waals surface area contributed by atoms with Gasteiger partial charge in [-0.1, -0.05) is 30.3 Å². The average Bonchev–Trinajstić information content (AvgIpc) is 2.94. The fourth-order valence-electron chi connectivity index (χ4n) is 2.82. The van der Waals surface area contributed by atoms with E-state index in [-0.39, 0.29) is 6.61 Å². The third-order valence-electron chi connectivity index (χ3n) is 3.81. The van der Waals surface area contributed by atoms with E-state index in [0.717, 1.165) is 5.56 Å². The lowest BCUT2D eigenvalue weighted by Crippen LogP contribution is -2.57. The van der Waals surface area contributed by atoms with Gasteiger partial charge in [-0.2, -0.15) is 8.42 Å². The summed E-state index contributed by atoms with van der Waals surface area (Å²) in [6, 6.07) is 9.50. The molecular weight excluding hydrogens is 328 g/mol. The second kappa shape index (κ2) is 6.81. The van der Waals surface area contributed by atoms with E-state index < -0.39 is 41.1 Å². The number of hydrogen-bond donors (Lipinski definition) is 1. The molecule has 5 atom stereocenters. The fraction of sp³-hybridized carbons (Fsp3) is 0.571. The first-order valence-corrected chi connectivity index (χ1v) is 8.45. The van der Waals surface area contributed by atoms with Gasteiger partial charge in [-0.15, -0.1) is 0 Å². The molecule has 0 spiro atoms. The highest BCUT2D eigenvalue weighted by molar-refractivity contribution is 7.80. The zero-order valence-corrected chi connectivity index (χ0v) is 13.2. The van der Waals surface area contributed by atoms with E-state index in [1.54, 1.807) is 0 Å². The summed E-state index contributed by atoms with van der Waals surface area (Å²) >= 11 is 0. The zero-order chi connectivity index (χ0) is 16.4. The Morgan fingerprint density at radius 1 is 1.22 bits per heavy atom. The molecule has 8 nitrogen and oxygen atoms in total. The van der Waals surface area contributed by atoms with Crippen molar-refractivity contribution in [3.8, 4) is 0 Å². The molecule has 0 aliphatic carbocycles. The summed E-state index contributed by atoms with van der Waals surface area (Å²) in [5, 5.41) is 0. The lowest BCUT2D eigenvalue weighted by Gasteiger charge is -2.38. The summed E-state index contributed by atoms with van der Waals surface area (Å²) in [5.74, 6) is 0. The molecule has 2 heterocycles. The summed E-state index contributed by atoms with van der Waals surface area (Å²) in [5.41, 5.74) is 0.954. The fourth-order valence-corrected chi connectivity index (χ4v) is 3.30. The van der Waals surface area contributed by atoms with E-state index in [2.05, 4.69) is 4.18 Å². The Hall–Kier alpha value is -1.07. The van der Waals surface area contributed by atoms with E-state index in [4.69, 9.17) is 23.5 Å². The van der Waals surface area contributed by atoms with Crippen LogP contribution in [0.15, 0.2) is 30.3 Å².